The number of aromatic nitrogens is 4. The van der Waals surface area contributed by atoms with Gasteiger partial charge in [0.1, 0.15) is 5.65 Å². The van der Waals surface area contributed by atoms with Crippen molar-refractivity contribution >= 4 is 16.7 Å². The van der Waals surface area contributed by atoms with Crippen LogP contribution in [-0.4, -0.2) is 27.9 Å². The molecule has 0 saturated heterocycles. The maximum absolute atomic E-state index is 11.2. The van der Waals surface area contributed by atoms with Gasteiger partial charge in [0.2, 0.25) is 11.1 Å². The van der Waals surface area contributed by atoms with Crippen molar-refractivity contribution in [2.75, 3.05) is 0 Å². The van der Waals surface area contributed by atoms with Gasteiger partial charge in [-0.25, -0.2) is 9.19 Å². The molecular weight excluding hydrogens is 264 g/mol. The first-order valence-corrected chi connectivity index (χ1v) is 6.90. The lowest BCUT2D eigenvalue weighted by Crippen LogP contribution is -1.95. The molecule has 0 aromatic carbocycles. The average molecular weight is 276 g/mol. The van der Waals surface area contributed by atoms with Crippen molar-refractivity contribution in [1.29, 1.82) is 0 Å². The number of nitrogens with zero attached hydrogens (tertiary/aromatic N) is 4. The second kappa shape index (κ2) is 4.60. The molecule has 1 N–H and O–H groups in total. The summed E-state index contributed by atoms with van der Waals surface area (Å²) in [6.45, 7) is 2.82. The van der Waals surface area contributed by atoms with Gasteiger partial charge in [-0.3, -0.25) is 9.08 Å². The molecule has 0 amide bonds. The topological polar surface area (TPSA) is 72.4 Å². The monoisotopic (exact) mass is 276 g/mol. The minimum absolute atomic E-state index is 0.264. The van der Waals surface area contributed by atoms with Gasteiger partial charge in [0.05, 0.1) is 12.4 Å². The Kier molecular flexibility index (Phi) is 2.92. The molecule has 3 heterocycles. The maximum atomic E-state index is 11.2. The van der Waals surface area contributed by atoms with Crippen LogP contribution in [0.25, 0.3) is 16.8 Å². The quantitative estimate of drug-likeness (QED) is 0.740. The van der Waals surface area contributed by atoms with E-state index in [0.717, 1.165) is 17.7 Å². The van der Waals surface area contributed by atoms with E-state index in [1.165, 1.54) is 6.20 Å². The second-order valence-corrected chi connectivity index (χ2v) is 4.99. The summed E-state index contributed by atoms with van der Waals surface area (Å²) in [6, 6.07) is 3.73. The van der Waals surface area contributed by atoms with Gasteiger partial charge in [-0.2, -0.15) is 5.10 Å². The highest BCUT2D eigenvalue weighted by Gasteiger charge is 2.10. The summed E-state index contributed by atoms with van der Waals surface area (Å²) in [5.74, 6) is 0. The van der Waals surface area contributed by atoms with Crippen LogP contribution in [0.4, 0.5) is 0 Å². The van der Waals surface area contributed by atoms with Crippen molar-refractivity contribution in [3.63, 3.8) is 0 Å². The first-order chi connectivity index (χ1) is 9.19. The molecule has 3 aromatic rings. The summed E-state index contributed by atoms with van der Waals surface area (Å²) in [7, 11) is 0. The molecule has 0 saturated carbocycles. The molecule has 0 bridgehead atoms. The number of hydrogen-bond donors (Lipinski definition) is 1. The van der Waals surface area contributed by atoms with Crippen LogP contribution in [0.15, 0.2) is 41.9 Å². The highest BCUT2D eigenvalue weighted by molar-refractivity contribution is 7.79. The third kappa shape index (κ3) is 2.06. The SMILES string of the molecule is CCn1cc(-c2ccc3ncc(S(=O)O)n3c2)cn1. The van der Waals surface area contributed by atoms with Gasteiger partial charge >= 0.3 is 0 Å². The largest absolute Gasteiger partial charge is 0.301 e. The zero-order chi connectivity index (χ0) is 13.4. The summed E-state index contributed by atoms with van der Waals surface area (Å²) < 4.78 is 23.9. The van der Waals surface area contributed by atoms with E-state index >= 15 is 0 Å². The van der Waals surface area contributed by atoms with E-state index in [4.69, 9.17) is 0 Å². The predicted octanol–water partition coefficient (Wildman–Crippen LogP) is 1.80. The Morgan fingerprint density at radius 1 is 1.26 bits per heavy atom. The molecule has 19 heavy (non-hydrogen) atoms. The summed E-state index contributed by atoms with van der Waals surface area (Å²) >= 11 is -2.05. The molecule has 1 atom stereocenters. The van der Waals surface area contributed by atoms with Crippen molar-refractivity contribution in [3.05, 3.63) is 36.9 Å². The Balaban J connectivity index is 2.14. The Morgan fingerprint density at radius 2 is 2.11 bits per heavy atom. The molecule has 0 aliphatic heterocycles. The molecule has 6 nitrogen and oxygen atoms in total. The molecule has 0 fully saturated rings. The van der Waals surface area contributed by atoms with Crippen LogP contribution in [0.5, 0.6) is 0 Å². The minimum Gasteiger partial charge on any atom is -0.301 e. The molecule has 3 rings (SSSR count). The van der Waals surface area contributed by atoms with Crippen LogP contribution in [0.1, 0.15) is 6.92 Å². The van der Waals surface area contributed by atoms with E-state index in [1.54, 1.807) is 16.8 Å². The minimum atomic E-state index is -2.05. The van der Waals surface area contributed by atoms with Gasteiger partial charge in [0.25, 0.3) is 0 Å². The number of hydrogen-bond acceptors (Lipinski definition) is 3. The molecule has 0 radical (unpaired) electrons. The third-order valence-electron chi connectivity index (χ3n) is 2.94. The van der Waals surface area contributed by atoms with Gasteiger partial charge in [0, 0.05) is 30.1 Å². The Hall–Kier alpha value is -1.99. The molecule has 0 aliphatic rings. The highest BCUT2D eigenvalue weighted by Crippen LogP contribution is 2.20. The fourth-order valence-electron chi connectivity index (χ4n) is 1.94. The van der Waals surface area contributed by atoms with Crippen LogP contribution in [0.3, 0.4) is 0 Å². The van der Waals surface area contributed by atoms with Gasteiger partial charge in [-0.1, -0.05) is 0 Å². The summed E-state index contributed by atoms with van der Waals surface area (Å²) in [5, 5.41) is 4.48. The van der Waals surface area contributed by atoms with E-state index in [2.05, 4.69) is 10.1 Å². The van der Waals surface area contributed by atoms with E-state index in [9.17, 15) is 8.76 Å². The molecule has 0 aliphatic carbocycles. The zero-order valence-corrected chi connectivity index (χ0v) is 11.0. The van der Waals surface area contributed by atoms with Crippen LogP contribution >= 0.6 is 0 Å². The zero-order valence-electron chi connectivity index (χ0n) is 10.2. The number of fused-ring (bicyclic) bond motifs is 1. The second-order valence-electron chi connectivity index (χ2n) is 4.08. The number of aryl methyl sites for hydroxylation is 1. The van der Waals surface area contributed by atoms with E-state index in [-0.39, 0.29) is 5.03 Å². The van der Waals surface area contributed by atoms with Crippen molar-refractivity contribution in [2.45, 2.75) is 18.5 Å². The summed E-state index contributed by atoms with van der Waals surface area (Å²) in [6.07, 6.45) is 6.92. The smallest absolute Gasteiger partial charge is 0.205 e. The van der Waals surface area contributed by atoms with Gasteiger partial charge in [-0.05, 0) is 19.1 Å². The van der Waals surface area contributed by atoms with Crippen LogP contribution < -0.4 is 0 Å². The molecule has 98 valence electrons. The van der Waals surface area contributed by atoms with Crippen LogP contribution in [0.2, 0.25) is 0 Å². The van der Waals surface area contributed by atoms with E-state index in [1.807, 2.05) is 29.9 Å². The molecule has 0 spiro atoms. The van der Waals surface area contributed by atoms with Gasteiger partial charge in [0.15, 0.2) is 5.03 Å². The fourth-order valence-corrected chi connectivity index (χ4v) is 2.40. The Labute approximate surface area is 112 Å². The number of rotatable bonds is 3. The molecule has 7 heteroatoms. The van der Waals surface area contributed by atoms with Crippen LogP contribution in [0, 0.1) is 0 Å². The maximum Gasteiger partial charge on any atom is 0.205 e. The van der Waals surface area contributed by atoms with Crippen molar-refractivity contribution in [2.24, 2.45) is 0 Å². The van der Waals surface area contributed by atoms with Crippen molar-refractivity contribution in [1.82, 2.24) is 19.2 Å². The summed E-state index contributed by atoms with van der Waals surface area (Å²) in [5.41, 5.74) is 2.54. The standard InChI is InChI=1S/C12H12N4O2S/c1-2-15-7-10(5-14-15)9-3-4-11-13-6-12(19(17)18)16(11)8-9/h3-8H,2H2,1H3,(H,17,18). The lowest BCUT2D eigenvalue weighted by atomic mass is 10.2. The predicted molar refractivity (Wildman–Crippen MR) is 71.1 cm³/mol. The first-order valence-electron chi connectivity index (χ1n) is 5.80. The van der Waals surface area contributed by atoms with Crippen molar-refractivity contribution < 1.29 is 8.76 Å². The van der Waals surface area contributed by atoms with Crippen molar-refractivity contribution in [3.8, 4) is 11.1 Å². The van der Waals surface area contributed by atoms with E-state index in [0.29, 0.717) is 5.65 Å². The lowest BCUT2D eigenvalue weighted by Gasteiger charge is -2.01. The molecule has 1 unspecified atom stereocenters. The van der Waals surface area contributed by atoms with Gasteiger partial charge < -0.3 is 4.55 Å². The summed E-state index contributed by atoms with van der Waals surface area (Å²) in [4.78, 5) is 4.09. The highest BCUT2D eigenvalue weighted by atomic mass is 32.2. The molecular formula is C12H12N4O2S. The number of pyridine rings is 1. The third-order valence-corrected chi connectivity index (χ3v) is 3.60. The Bertz CT molecular complexity index is 762. The first kappa shape index (κ1) is 12.1. The normalized spacial score (nSPS) is 12.9. The van der Waals surface area contributed by atoms with Gasteiger partial charge in [-0.15, -0.1) is 0 Å². The Morgan fingerprint density at radius 3 is 2.79 bits per heavy atom. The van der Waals surface area contributed by atoms with Crippen LogP contribution in [-0.2, 0) is 17.6 Å². The average Bonchev–Trinajstić information content (AvgIpc) is 3.04. The van der Waals surface area contributed by atoms with E-state index < -0.39 is 11.1 Å². The lowest BCUT2D eigenvalue weighted by molar-refractivity contribution is 0.559. The molecule has 3 aromatic heterocycles. The fraction of sp³-hybridized carbons (Fsp3) is 0.167. The number of imidazole rings is 1.